The molecule has 1 aromatic heterocycles. The zero-order chi connectivity index (χ0) is 20.3. The Kier molecular flexibility index (Phi) is 5.83. The Morgan fingerprint density at radius 2 is 2.00 bits per heavy atom. The van der Waals surface area contributed by atoms with Crippen molar-refractivity contribution in [2.75, 3.05) is 20.1 Å². The van der Waals surface area contributed by atoms with Gasteiger partial charge < -0.3 is 24.4 Å². The van der Waals surface area contributed by atoms with Gasteiger partial charge >= 0.3 is 6.09 Å². The van der Waals surface area contributed by atoms with E-state index in [2.05, 4.69) is 15.0 Å². The van der Waals surface area contributed by atoms with Gasteiger partial charge in [0, 0.05) is 39.2 Å². The normalized spacial score (nSPS) is 21.1. The monoisotopic (exact) mass is 389 g/mol. The van der Waals surface area contributed by atoms with E-state index in [-0.39, 0.29) is 12.2 Å². The first-order valence-corrected chi connectivity index (χ1v) is 9.35. The maximum absolute atomic E-state index is 12.2. The number of carbonyl (C=O) groups is 1. The van der Waals surface area contributed by atoms with Crippen LogP contribution >= 0.6 is 0 Å². The summed E-state index contributed by atoms with van der Waals surface area (Å²) in [6.07, 6.45) is 4.72. The van der Waals surface area contributed by atoms with Gasteiger partial charge in [0.15, 0.2) is 6.23 Å². The van der Waals surface area contributed by atoms with Crippen LogP contribution < -0.4 is 0 Å². The molecule has 3 rings (SSSR count). The number of aliphatic hydroxyl groups excluding tert-OH is 1. The van der Waals surface area contributed by atoms with Crippen LogP contribution in [0, 0.1) is 0 Å². The Balaban J connectivity index is 1.61. The summed E-state index contributed by atoms with van der Waals surface area (Å²) in [6, 6.07) is 2.06. The van der Waals surface area contributed by atoms with Crippen LogP contribution in [0.25, 0.3) is 5.70 Å². The van der Waals surface area contributed by atoms with Crippen LogP contribution in [-0.4, -0.2) is 75.1 Å². The SMILES string of the molecule is CN1C(OC2CCN(C(=O)OC(C)(C)C)CC2)=NC(c2ccncn2)=CC1O. The maximum Gasteiger partial charge on any atom is 0.410 e. The highest BCUT2D eigenvalue weighted by Gasteiger charge is 2.30. The number of aromatic nitrogens is 2. The Morgan fingerprint density at radius 1 is 1.29 bits per heavy atom. The van der Waals surface area contributed by atoms with E-state index in [1.165, 1.54) is 6.33 Å². The number of aliphatic hydroxyl groups is 1. The van der Waals surface area contributed by atoms with Crippen LogP contribution in [0.15, 0.2) is 29.7 Å². The molecule has 0 aliphatic carbocycles. The molecule has 0 bridgehead atoms. The smallest absolute Gasteiger partial charge is 0.410 e. The molecular formula is C19H27N5O4. The lowest BCUT2D eigenvalue weighted by Crippen LogP contribution is -2.46. The molecule has 0 saturated carbocycles. The number of aliphatic imine (C=N–C) groups is 1. The molecule has 1 amide bonds. The molecule has 9 nitrogen and oxygen atoms in total. The Labute approximate surface area is 164 Å². The fourth-order valence-electron chi connectivity index (χ4n) is 2.91. The molecule has 9 heteroatoms. The van der Waals surface area contributed by atoms with Crippen molar-refractivity contribution >= 4 is 17.8 Å². The maximum atomic E-state index is 12.2. The number of hydrogen-bond acceptors (Lipinski definition) is 8. The van der Waals surface area contributed by atoms with E-state index in [1.54, 1.807) is 35.2 Å². The second kappa shape index (κ2) is 8.14. The third-order valence-electron chi connectivity index (χ3n) is 4.43. The molecular weight excluding hydrogens is 362 g/mol. The molecule has 0 aromatic carbocycles. The van der Waals surface area contributed by atoms with Crippen molar-refractivity contribution in [2.24, 2.45) is 4.99 Å². The van der Waals surface area contributed by atoms with E-state index < -0.39 is 11.8 Å². The van der Waals surface area contributed by atoms with Gasteiger partial charge in [-0.3, -0.25) is 0 Å². The number of likely N-dealkylation sites (N-methyl/N-ethyl adjacent to an activating group) is 1. The minimum Gasteiger partial charge on any atom is -0.461 e. The average Bonchev–Trinajstić information content (AvgIpc) is 2.65. The molecule has 2 aliphatic rings. The van der Waals surface area contributed by atoms with E-state index in [0.717, 1.165) is 0 Å². The summed E-state index contributed by atoms with van der Waals surface area (Å²) in [5.74, 6) is 0. The second-order valence-corrected chi connectivity index (χ2v) is 7.85. The van der Waals surface area contributed by atoms with Gasteiger partial charge in [0.25, 0.3) is 6.02 Å². The summed E-state index contributed by atoms with van der Waals surface area (Å²) in [5.41, 5.74) is 0.640. The summed E-state index contributed by atoms with van der Waals surface area (Å²) in [4.78, 5) is 28.0. The van der Waals surface area contributed by atoms with E-state index in [4.69, 9.17) is 9.47 Å². The number of amidine groups is 1. The van der Waals surface area contributed by atoms with Gasteiger partial charge in [-0.2, -0.15) is 4.99 Å². The highest BCUT2D eigenvalue weighted by Crippen LogP contribution is 2.23. The molecule has 1 aromatic rings. The van der Waals surface area contributed by atoms with Crippen molar-refractivity contribution in [1.82, 2.24) is 19.8 Å². The number of hydrogen-bond donors (Lipinski definition) is 1. The third kappa shape index (κ3) is 4.98. The van der Waals surface area contributed by atoms with Crippen LogP contribution in [0.1, 0.15) is 39.3 Å². The van der Waals surface area contributed by atoms with Gasteiger partial charge in [-0.15, -0.1) is 0 Å². The number of rotatable bonds is 2. The number of piperidine rings is 1. The van der Waals surface area contributed by atoms with Crippen molar-refractivity contribution < 1.29 is 19.4 Å². The lowest BCUT2D eigenvalue weighted by molar-refractivity contribution is 0.00680. The van der Waals surface area contributed by atoms with Gasteiger partial charge in [0.1, 0.15) is 18.0 Å². The number of amides is 1. The van der Waals surface area contributed by atoms with E-state index in [9.17, 15) is 9.90 Å². The van der Waals surface area contributed by atoms with Crippen molar-refractivity contribution in [3.8, 4) is 0 Å². The topological polar surface area (TPSA) is 100 Å². The lowest BCUT2D eigenvalue weighted by atomic mass is 10.1. The first kappa shape index (κ1) is 20.1. The van der Waals surface area contributed by atoms with E-state index >= 15 is 0 Å². The zero-order valence-electron chi connectivity index (χ0n) is 16.7. The molecule has 3 heterocycles. The number of likely N-dealkylation sites (tertiary alicyclic amines) is 1. The lowest BCUT2D eigenvalue weighted by Gasteiger charge is -2.35. The highest BCUT2D eigenvalue weighted by molar-refractivity contribution is 5.84. The Hall–Kier alpha value is -2.68. The highest BCUT2D eigenvalue weighted by atomic mass is 16.6. The fourth-order valence-corrected chi connectivity index (χ4v) is 2.91. The molecule has 0 radical (unpaired) electrons. The summed E-state index contributed by atoms with van der Waals surface area (Å²) in [6.45, 7) is 6.66. The van der Waals surface area contributed by atoms with Crippen molar-refractivity contribution in [1.29, 1.82) is 0 Å². The largest absolute Gasteiger partial charge is 0.461 e. The quantitative estimate of drug-likeness (QED) is 0.824. The minimum absolute atomic E-state index is 0.100. The van der Waals surface area contributed by atoms with Gasteiger partial charge in [-0.25, -0.2) is 14.8 Å². The van der Waals surface area contributed by atoms with Crippen molar-refractivity contribution in [3.05, 3.63) is 30.4 Å². The molecule has 28 heavy (non-hydrogen) atoms. The number of ether oxygens (including phenoxy) is 2. The van der Waals surface area contributed by atoms with Crippen molar-refractivity contribution in [2.45, 2.75) is 51.5 Å². The summed E-state index contributed by atoms with van der Waals surface area (Å²) in [7, 11) is 1.71. The van der Waals surface area contributed by atoms with E-state index in [1.807, 2.05) is 20.8 Å². The Bertz CT molecular complexity index is 751. The van der Waals surface area contributed by atoms with Gasteiger partial charge in [0.05, 0.1) is 11.4 Å². The van der Waals surface area contributed by atoms with Gasteiger partial charge in [-0.1, -0.05) is 0 Å². The summed E-state index contributed by atoms with van der Waals surface area (Å²) in [5, 5.41) is 10.3. The average molecular weight is 389 g/mol. The Morgan fingerprint density at radius 3 is 2.61 bits per heavy atom. The molecule has 1 N–H and O–H groups in total. The van der Waals surface area contributed by atoms with Crippen LogP contribution in [0.5, 0.6) is 0 Å². The van der Waals surface area contributed by atoms with E-state index in [0.29, 0.717) is 43.3 Å². The molecule has 1 unspecified atom stereocenters. The minimum atomic E-state index is -0.862. The first-order chi connectivity index (χ1) is 13.2. The standard InChI is InChI=1S/C19H27N5O4/c1-19(2,3)28-18(26)24-9-6-13(7-10-24)27-17-22-15(11-16(25)23(17)4)14-5-8-20-12-21-14/h5,8,11-13,16,25H,6-7,9-10H2,1-4H3. The summed E-state index contributed by atoms with van der Waals surface area (Å²) < 4.78 is 11.5. The van der Waals surface area contributed by atoms with Gasteiger partial charge in [0.2, 0.25) is 0 Å². The third-order valence-corrected chi connectivity index (χ3v) is 4.43. The number of carbonyl (C=O) groups excluding carboxylic acids is 1. The zero-order valence-corrected chi connectivity index (χ0v) is 16.7. The van der Waals surface area contributed by atoms with Crippen LogP contribution in [-0.2, 0) is 9.47 Å². The van der Waals surface area contributed by atoms with Crippen molar-refractivity contribution in [3.63, 3.8) is 0 Å². The second-order valence-electron chi connectivity index (χ2n) is 7.85. The molecule has 2 aliphatic heterocycles. The van der Waals surface area contributed by atoms with Gasteiger partial charge in [-0.05, 0) is 32.9 Å². The summed E-state index contributed by atoms with van der Waals surface area (Å²) >= 11 is 0. The molecule has 1 fully saturated rings. The van der Waals surface area contributed by atoms with Crippen LogP contribution in [0.3, 0.4) is 0 Å². The first-order valence-electron chi connectivity index (χ1n) is 9.35. The molecule has 1 atom stereocenters. The predicted octanol–water partition coefficient (Wildman–Crippen LogP) is 1.85. The number of nitrogens with zero attached hydrogens (tertiary/aromatic N) is 5. The molecule has 152 valence electrons. The molecule has 0 spiro atoms. The molecule has 1 saturated heterocycles. The van der Waals surface area contributed by atoms with Crippen LogP contribution in [0.2, 0.25) is 0 Å². The fraction of sp³-hybridized carbons (Fsp3) is 0.579. The van der Waals surface area contributed by atoms with Crippen LogP contribution in [0.4, 0.5) is 4.79 Å². The predicted molar refractivity (Wildman–Crippen MR) is 103 cm³/mol.